The van der Waals surface area contributed by atoms with Crippen LogP contribution in [0.1, 0.15) is 43.6 Å². The third-order valence-electron chi connectivity index (χ3n) is 5.40. The molecule has 3 aromatic rings. The quantitative estimate of drug-likeness (QED) is 0.594. The molecule has 4 rings (SSSR count). The Morgan fingerprint density at radius 3 is 2.53 bits per heavy atom. The van der Waals surface area contributed by atoms with E-state index in [1.165, 1.54) is 5.56 Å². The monoisotopic (exact) mass is 467 g/mol. The van der Waals surface area contributed by atoms with Crippen molar-refractivity contribution in [1.82, 2.24) is 15.2 Å². The number of halogens is 1. The summed E-state index contributed by atoms with van der Waals surface area (Å²) in [4.78, 5) is 31.8. The molecule has 1 unspecified atom stereocenters. The number of nitrogens with one attached hydrogen (secondary N) is 2. The number of aromatic nitrogens is 1. The summed E-state index contributed by atoms with van der Waals surface area (Å²) in [5.74, 6) is -0.203. The number of amides is 2. The van der Waals surface area contributed by atoms with Gasteiger partial charge in [0.15, 0.2) is 0 Å². The molecule has 6 heteroatoms. The van der Waals surface area contributed by atoms with Gasteiger partial charge in [0.25, 0.3) is 0 Å². The number of para-hydroxylation sites is 1. The third kappa shape index (κ3) is 4.15. The average Bonchev–Trinajstić information content (AvgIpc) is 2.93. The number of aromatic amines is 1. The van der Waals surface area contributed by atoms with E-state index in [9.17, 15) is 9.59 Å². The Hall–Kier alpha value is -2.60. The fraction of sp³-hybridized carbons (Fsp3) is 0.333. The number of hydrogen-bond donors (Lipinski definition) is 2. The molecule has 30 heavy (non-hydrogen) atoms. The van der Waals surface area contributed by atoms with E-state index in [0.717, 1.165) is 26.6 Å². The maximum Gasteiger partial charge on any atom is 0.247 e. The van der Waals surface area contributed by atoms with E-state index in [-0.39, 0.29) is 23.8 Å². The highest BCUT2D eigenvalue weighted by Crippen LogP contribution is 2.30. The summed E-state index contributed by atoms with van der Waals surface area (Å²) >= 11 is 3.45. The molecule has 2 aromatic carbocycles. The maximum absolute atomic E-state index is 13.3. The highest BCUT2D eigenvalue weighted by Gasteiger charge is 2.35. The topological polar surface area (TPSA) is 65.2 Å². The SMILES string of the molecule is CC(C)(C)NC(=O)C(c1ccc(Br)cc1)N1CCc2c([nH]c3ccccc23)CC1=O. The zero-order chi connectivity index (χ0) is 21.5. The van der Waals surface area contributed by atoms with Crippen molar-refractivity contribution in [1.29, 1.82) is 0 Å². The highest BCUT2D eigenvalue weighted by atomic mass is 79.9. The number of benzene rings is 2. The molecule has 5 nitrogen and oxygen atoms in total. The van der Waals surface area contributed by atoms with E-state index in [1.54, 1.807) is 4.90 Å². The van der Waals surface area contributed by atoms with Crippen molar-refractivity contribution in [2.75, 3.05) is 6.54 Å². The number of hydrogen-bond acceptors (Lipinski definition) is 2. The van der Waals surface area contributed by atoms with Gasteiger partial charge in [-0.2, -0.15) is 0 Å². The van der Waals surface area contributed by atoms with Crippen LogP contribution in [0.3, 0.4) is 0 Å². The van der Waals surface area contributed by atoms with Crippen molar-refractivity contribution >= 4 is 38.6 Å². The van der Waals surface area contributed by atoms with Gasteiger partial charge < -0.3 is 15.2 Å². The third-order valence-corrected chi connectivity index (χ3v) is 5.93. The molecule has 0 aliphatic carbocycles. The van der Waals surface area contributed by atoms with Gasteiger partial charge in [-0.05, 0) is 56.5 Å². The van der Waals surface area contributed by atoms with Gasteiger partial charge >= 0.3 is 0 Å². The van der Waals surface area contributed by atoms with Crippen LogP contribution in [0.25, 0.3) is 10.9 Å². The van der Waals surface area contributed by atoms with Crippen molar-refractivity contribution in [2.45, 2.75) is 45.2 Å². The Morgan fingerprint density at radius 2 is 1.83 bits per heavy atom. The molecule has 2 heterocycles. The molecule has 156 valence electrons. The van der Waals surface area contributed by atoms with Crippen molar-refractivity contribution in [2.24, 2.45) is 0 Å². The Labute approximate surface area is 185 Å². The normalized spacial score (nSPS) is 15.6. The van der Waals surface area contributed by atoms with E-state index < -0.39 is 6.04 Å². The zero-order valence-electron chi connectivity index (χ0n) is 17.5. The minimum absolute atomic E-state index is 0.0442. The lowest BCUT2D eigenvalue weighted by Gasteiger charge is -2.33. The molecule has 0 bridgehead atoms. The molecular weight excluding hydrogens is 442 g/mol. The first kappa shape index (κ1) is 20.7. The summed E-state index contributed by atoms with van der Waals surface area (Å²) in [6.07, 6.45) is 0.973. The maximum atomic E-state index is 13.3. The van der Waals surface area contributed by atoms with Crippen molar-refractivity contribution in [3.05, 3.63) is 69.8 Å². The predicted octanol–water partition coefficient (Wildman–Crippen LogP) is 4.51. The molecule has 1 aliphatic rings. The first-order chi connectivity index (χ1) is 14.2. The van der Waals surface area contributed by atoms with Crippen LogP contribution in [-0.2, 0) is 22.4 Å². The molecule has 0 spiro atoms. The summed E-state index contributed by atoms with van der Waals surface area (Å²) < 4.78 is 0.935. The lowest BCUT2D eigenvalue weighted by Crippen LogP contribution is -2.49. The van der Waals surface area contributed by atoms with Crippen molar-refractivity contribution < 1.29 is 9.59 Å². The Bertz CT molecular complexity index is 1100. The van der Waals surface area contributed by atoms with E-state index in [2.05, 4.69) is 32.3 Å². The van der Waals surface area contributed by atoms with Crippen LogP contribution >= 0.6 is 15.9 Å². The van der Waals surface area contributed by atoms with Gasteiger partial charge in [-0.15, -0.1) is 0 Å². The van der Waals surface area contributed by atoms with E-state index in [4.69, 9.17) is 0 Å². The highest BCUT2D eigenvalue weighted by molar-refractivity contribution is 9.10. The van der Waals surface area contributed by atoms with Gasteiger partial charge in [0, 0.05) is 33.2 Å². The summed E-state index contributed by atoms with van der Waals surface area (Å²) in [5.41, 5.74) is 3.60. The fourth-order valence-electron chi connectivity index (χ4n) is 4.13. The first-order valence-electron chi connectivity index (χ1n) is 10.2. The molecule has 0 fully saturated rings. The number of carbonyl (C=O) groups excluding carboxylic acids is 2. The van der Waals surface area contributed by atoms with Gasteiger partial charge in [0.1, 0.15) is 6.04 Å². The summed E-state index contributed by atoms with van der Waals surface area (Å²) in [6, 6.07) is 15.1. The van der Waals surface area contributed by atoms with E-state index >= 15 is 0 Å². The number of nitrogens with zero attached hydrogens (tertiary/aromatic N) is 1. The average molecular weight is 468 g/mol. The van der Waals surface area contributed by atoms with Gasteiger partial charge in [-0.3, -0.25) is 9.59 Å². The summed E-state index contributed by atoms with van der Waals surface area (Å²) in [5, 5.41) is 4.22. The second kappa shape index (κ2) is 7.91. The van der Waals surface area contributed by atoms with E-state index in [0.29, 0.717) is 13.0 Å². The molecule has 2 amide bonds. The predicted molar refractivity (Wildman–Crippen MR) is 122 cm³/mol. The molecule has 0 saturated heterocycles. The van der Waals surface area contributed by atoms with Crippen LogP contribution in [-0.4, -0.2) is 33.8 Å². The van der Waals surface area contributed by atoms with Crippen LogP contribution < -0.4 is 5.32 Å². The molecule has 0 radical (unpaired) electrons. The minimum atomic E-state index is -0.667. The lowest BCUT2D eigenvalue weighted by molar-refractivity contribution is -0.140. The summed E-state index contributed by atoms with van der Waals surface area (Å²) in [7, 11) is 0. The zero-order valence-corrected chi connectivity index (χ0v) is 19.0. The Morgan fingerprint density at radius 1 is 1.13 bits per heavy atom. The molecule has 1 aromatic heterocycles. The summed E-state index contributed by atoms with van der Waals surface area (Å²) in [6.45, 7) is 6.34. The number of rotatable bonds is 3. The number of H-pyrrole nitrogens is 1. The molecule has 1 atom stereocenters. The molecule has 0 saturated carbocycles. The van der Waals surface area contributed by atoms with Gasteiger partial charge in [-0.25, -0.2) is 0 Å². The van der Waals surface area contributed by atoms with E-state index in [1.807, 2.05) is 63.2 Å². The van der Waals surface area contributed by atoms with Gasteiger partial charge in [0.05, 0.1) is 6.42 Å². The standard InChI is InChI=1S/C24H26BrN3O2/c1-24(2,3)27-23(30)22(15-8-10-16(25)11-9-15)28-13-12-18-17-6-4-5-7-19(17)26-20(18)14-21(28)29/h4-11,22,26H,12-14H2,1-3H3,(H,27,30). The first-order valence-corrected chi connectivity index (χ1v) is 11.0. The Kier molecular flexibility index (Phi) is 5.45. The largest absolute Gasteiger partial charge is 0.358 e. The second-order valence-corrected chi connectivity index (χ2v) is 9.75. The van der Waals surface area contributed by atoms with Crippen molar-refractivity contribution in [3.63, 3.8) is 0 Å². The smallest absolute Gasteiger partial charge is 0.247 e. The second-order valence-electron chi connectivity index (χ2n) is 8.83. The van der Waals surface area contributed by atoms with Crippen LogP contribution in [0.5, 0.6) is 0 Å². The van der Waals surface area contributed by atoms with Crippen LogP contribution in [0, 0.1) is 0 Å². The molecular formula is C24H26BrN3O2. The van der Waals surface area contributed by atoms with Gasteiger partial charge in [-0.1, -0.05) is 46.3 Å². The minimum Gasteiger partial charge on any atom is -0.358 e. The lowest BCUT2D eigenvalue weighted by atomic mass is 10.0. The number of fused-ring (bicyclic) bond motifs is 3. The molecule has 2 N–H and O–H groups in total. The number of carbonyl (C=O) groups is 2. The van der Waals surface area contributed by atoms with Crippen LogP contribution in [0.2, 0.25) is 0 Å². The van der Waals surface area contributed by atoms with Crippen LogP contribution in [0.15, 0.2) is 53.0 Å². The van der Waals surface area contributed by atoms with Gasteiger partial charge in [0.2, 0.25) is 11.8 Å². The fourth-order valence-corrected chi connectivity index (χ4v) is 4.40. The Balaban J connectivity index is 1.70. The molecule has 1 aliphatic heterocycles. The van der Waals surface area contributed by atoms with Crippen molar-refractivity contribution in [3.8, 4) is 0 Å². The van der Waals surface area contributed by atoms with Crippen LogP contribution in [0.4, 0.5) is 0 Å².